The molecule has 0 aliphatic rings. The maximum absolute atomic E-state index is 9.18. The number of hydrogen-bond acceptors (Lipinski definition) is 5. The van der Waals surface area contributed by atoms with Crippen molar-refractivity contribution in [3.63, 3.8) is 0 Å². The van der Waals surface area contributed by atoms with Gasteiger partial charge in [-0.25, -0.2) is 0 Å². The highest BCUT2D eigenvalue weighted by molar-refractivity contribution is 4.61. The molecule has 5 nitrogen and oxygen atoms in total. The van der Waals surface area contributed by atoms with Crippen molar-refractivity contribution in [2.45, 2.75) is 31.8 Å². The van der Waals surface area contributed by atoms with Gasteiger partial charge in [-0.1, -0.05) is 6.92 Å². The minimum Gasteiger partial charge on any atom is -0.394 e. The number of methoxy groups -OCH3 is 1. The molecule has 3 unspecified atom stereocenters. The van der Waals surface area contributed by atoms with Crippen LogP contribution >= 0.6 is 0 Å². The second kappa shape index (κ2) is 7.23. The highest BCUT2D eigenvalue weighted by Gasteiger charge is 2.21. The molecule has 0 spiro atoms. The van der Waals surface area contributed by atoms with E-state index < -0.39 is 19.0 Å². The van der Waals surface area contributed by atoms with Crippen molar-refractivity contribution >= 4 is 0 Å². The fraction of sp³-hybridized carbons (Fsp3) is 1.00. The first-order valence-electron chi connectivity index (χ1n) is 4.27. The van der Waals surface area contributed by atoms with Crippen molar-refractivity contribution in [1.29, 1.82) is 0 Å². The topological polar surface area (TPSA) is 79.2 Å². The highest BCUT2D eigenvalue weighted by Crippen LogP contribution is 2.06. The molecule has 5 heteroatoms. The summed E-state index contributed by atoms with van der Waals surface area (Å²) in [6.45, 7) is 1.29. The van der Waals surface area contributed by atoms with E-state index in [2.05, 4.69) is 0 Å². The van der Waals surface area contributed by atoms with E-state index in [9.17, 15) is 5.11 Å². The maximum Gasteiger partial charge on any atom is 0.185 e. The predicted octanol–water partition coefficient (Wildman–Crippen LogP) is -0.900. The van der Waals surface area contributed by atoms with E-state index in [4.69, 9.17) is 19.7 Å². The first-order chi connectivity index (χ1) is 6.19. The summed E-state index contributed by atoms with van der Waals surface area (Å²) in [5.74, 6) is 0. The highest BCUT2D eigenvalue weighted by atomic mass is 16.7. The Morgan fingerprint density at radius 2 is 1.85 bits per heavy atom. The van der Waals surface area contributed by atoms with Gasteiger partial charge in [-0.05, 0) is 6.42 Å². The minimum atomic E-state index is -1.08. The third kappa shape index (κ3) is 4.54. The molecule has 0 aliphatic carbocycles. The Morgan fingerprint density at radius 3 is 2.15 bits per heavy atom. The first kappa shape index (κ1) is 12.8. The summed E-state index contributed by atoms with van der Waals surface area (Å²) >= 11 is 0. The van der Waals surface area contributed by atoms with Gasteiger partial charge in [0.1, 0.15) is 6.10 Å². The Labute approximate surface area is 77.9 Å². The molecular weight excluding hydrogens is 176 g/mol. The molecule has 0 aromatic heterocycles. The van der Waals surface area contributed by atoms with Crippen LogP contribution in [0.25, 0.3) is 0 Å². The molecule has 0 fully saturated rings. The summed E-state index contributed by atoms with van der Waals surface area (Å²) in [7, 11) is 1.37. The molecule has 13 heavy (non-hydrogen) atoms. The minimum absolute atomic E-state index is 0.130. The maximum atomic E-state index is 9.18. The van der Waals surface area contributed by atoms with E-state index in [0.29, 0.717) is 6.42 Å². The molecule has 0 aliphatic heterocycles. The van der Waals surface area contributed by atoms with Gasteiger partial charge in [0.05, 0.1) is 19.3 Å². The molecule has 0 heterocycles. The van der Waals surface area contributed by atoms with Gasteiger partial charge in [0.2, 0.25) is 0 Å². The fourth-order valence-electron chi connectivity index (χ4n) is 0.847. The molecule has 0 aromatic carbocycles. The molecular formula is C8H18O5. The van der Waals surface area contributed by atoms with Gasteiger partial charge in [-0.15, -0.1) is 0 Å². The van der Waals surface area contributed by atoms with Crippen LogP contribution in [0.5, 0.6) is 0 Å². The molecule has 0 aromatic rings. The second-order valence-corrected chi connectivity index (χ2v) is 2.70. The Kier molecular flexibility index (Phi) is 7.12. The van der Waals surface area contributed by atoms with Gasteiger partial charge in [0.25, 0.3) is 0 Å². The predicted molar refractivity (Wildman–Crippen MR) is 46.1 cm³/mol. The Balaban J connectivity index is 3.94. The summed E-state index contributed by atoms with van der Waals surface area (Å²) < 4.78 is 9.96. The van der Waals surface area contributed by atoms with Crippen molar-refractivity contribution in [1.82, 2.24) is 0 Å². The fourth-order valence-corrected chi connectivity index (χ4v) is 0.847. The number of aliphatic hydroxyl groups is 3. The smallest absolute Gasteiger partial charge is 0.185 e. The lowest BCUT2D eigenvalue weighted by Crippen LogP contribution is -2.37. The molecule has 0 bridgehead atoms. The molecule has 0 amide bonds. The van der Waals surface area contributed by atoms with Crippen LogP contribution in [-0.2, 0) is 9.47 Å². The molecule has 3 atom stereocenters. The standard InChI is InChI=1S/C8H18O5/c1-3-6(4-9)13-8(12-2)7(11)5-10/h6-11H,3-5H2,1-2H3. The van der Waals surface area contributed by atoms with E-state index in [1.54, 1.807) is 0 Å². The van der Waals surface area contributed by atoms with Gasteiger partial charge in [0, 0.05) is 7.11 Å². The second-order valence-electron chi connectivity index (χ2n) is 2.70. The number of aliphatic hydroxyl groups excluding tert-OH is 3. The largest absolute Gasteiger partial charge is 0.394 e. The van der Waals surface area contributed by atoms with Crippen LogP contribution in [0.3, 0.4) is 0 Å². The average Bonchev–Trinajstić information content (AvgIpc) is 2.19. The summed E-state index contributed by atoms with van der Waals surface area (Å²) in [6.07, 6.45) is -1.71. The van der Waals surface area contributed by atoms with Gasteiger partial charge >= 0.3 is 0 Å². The number of ether oxygens (including phenoxy) is 2. The lowest BCUT2D eigenvalue weighted by atomic mass is 10.3. The van der Waals surface area contributed by atoms with Crippen molar-refractivity contribution < 1.29 is 24.8 Å². The van der Waals surface area contributed by atoms with Crippen LogP contribution in [0.1, 0.15) is 13.3 Å². The lowest BCUT2D eigenvalue weighted by Gasteiger charge is -2.24. The van der Waals surface area contributed by atoms with Gasteiger partial charge in [0.15, 0.2) is 6.29 Å². The number of rotatable bonds is 7. The first-order valence-corrected chi connectivity index (χ1v) is 4.27. The van der Waals surface area contributed by atoms with E-state index >= 15 is 0 Å². The molecule has 80 valence electrons. The zero-order chi connectivity index (χ0) is 10.3. The monoisotopic (exact) mass is 194 g/mol. The molecule has 0 radical (unpaired) electrons. The van der Waals surface area contributed by atoms with Crippen molar-refractivity contribution in [2.24, 2.45) is 0 Å². The molecule has 0 saturated heterocycles. The van der Waals surface area contributed by atoms with Crippen LogP contribution in [0, 0.1) is 0 Å². The molecule has 0 saturated carbocycles. The zero-order valence-corrected chi connectivity index (χ0v) is 8.01. The van der Waals surface area contributed by atoms with Crippen molar-refractivity contribution in [3.8, 4) is 0 Å². The Morgan fingerprint density at radius 1 is 1.23 bits per heavy atom. The van der Waals surface area contributed by atoms with Crippen LogP contribution in [0.15, 0.2) is 0 Å². The normalized spacial score (nSPS) is 18.2. The van der Waals surface area contributed by atoms with E-state index in [1.165, 1.54) is 7.11 Å². The van der Waals surface area contributed by atoms with Crippen LogP contribution in [0.2, 0.25) is 0 Å². The third-order valence-corrected chi connectivity index (χ3v) is 1.72. The summed E-state index contributed by atoms with van der Waals surface area (Å²) in [4.78, 5) is 0. The van der Waals surface area contributed by atoms with Crippen LogP contribution in [0.4, 0.5) is 0 Å². The van der Waals surface area contributed by atoms with E-state index in [-0.39, 0.29) is 12.7 Å². The summed E-state index contributed by atoms with van der Waals surface area (Å²) in [6, 6.07) is 0. The van der Waals surface area contributed by atoms with Gasteiger partial charge < -0.3 is 24.8 Å². The lowest BCUT2D eigenvalue weighted by molar-refractivity contribution is -0.215. The zero-order valence-electron chi connectivity index (χ0n) is 8.01. The van der Waals surface area contributed by atoms with Crippen molar-refractivity contribution in [2.75, 3.05) is 20.3 Å². The Bertz CT molecular complexity index is 115. The molecule has 0 rings (SSSR count). The van der Waals surface area contributed by atoms with Gasteiger partial charge in [-0.3, -0.25) is 0 Å². The quantitative estimate of drug-likeness (QED) is 0.458. The third-order valence-electron chi connectivity index (χ3n) is 1.72. The molecule has 3 N–H and O–H groups in total. The summed E-state index contributed by atoms with van der Waals surface area (Å²) in [5, 5.41) is 26.6. The van der Waals surface area contributed by atoms with Gasteiger partial charge in [-0.2, -0.15) is 0 Å². The van der Waals surface area contributed by atoms with Crippen molar-refractivity contribution in [3.05, 3.63) is 0 Å². The summed E-state index contributed by atoms with van der Waals surface area (Å²) in [5.41, 5.74) is 0. The number of hydrogen-bond donors (Lipinski definition) is 3. The average molecular weight is 194 g/mol. The Hall–Kier alpha value is -0.200. The van der Waals surface area contributed by atoms with E-state index in [1.807, 2.05) is 6.92 Å². The SMILES string of the molecule is CCC(CO)OC(OC)C(O)CO. The van der Waals surface area contributed by atoms with Crippen LogP contribution < -0.4 is 0 Å². The van der Waals surface area contributed by atoms with Crippen LogP contribution in [-0.4, -0.2) is 54.1 Å². The van der Waals surface area contributed by atoms with E-state index in [0.717, 1.165) is 0 Å².